The van der Waals surface area contributed by atoms with Crippen molar-refractivity contribution < 1.29 is 4.39 Å². The molecule has 0 aliphatic rings. The maximum atomic E-state index is 13.0. The van der Waals surface area contributed by atoms with Crippen molar-refractivity contribution in [3.63, 3.8) is 0 Å². The maximum Gasteiger partial charge on any atom is 0.135 e. The summed E-state index contributed by atoms with van der Waals surface area (Å²) in [4.78, 5) is 8.74. The van der Waals surface area contributed by atoms with Gasteiger partial charge in [0.15, 0.2) is 0 Å². The van der Waals surface area contributed by atoms with Gasteiger partial charge in [0.05, 0.1) is 5.69 Å². The minimum absolute atomic E-state index is 0.245. The molecule has 19 heavy (non-hydrogen) atoms. The van der Waals surface area contributed by atoms with Crippen molar-refractivity contribution >= 4 is 50.0 Å². The van der Waals surface area contributed by atoms with Gasteiger partial charge in [-0.05, 0) is 63.1 Å². The normalized spacial score (nSPS) is 10.5. The second-order valence-electron chi connectivity index (χ2n) is 3.99. The van der Waals surface area contributed by atoms with E-state index in [0.717, 1.165) is 32.5 Å². The van der Waals surface area contributed by atoms with Crippen LogP contribution in [-0.4, -0.2) is 9.97 Å². The molecule has 1 aromatic carbocycles. The van der Waals surface area contributed by atoms with Crippen LogP contribution in [0.15, 0.2) is 28.9 Å². The van der Waals surface area contributed by atoms with Crippen molar-refractivity contribution in [3.8, 4) is 0 Å². The monoisotopic (exact) mass is 435 g/mol. The van der Waals surface area contributed by atoms with Crippen molar-refractivity contribution in [2.24, 2.45) is 0 Å². The Hall–Kier alpha value is -0.760. The van der Waals surface area contributed by atoms with E-state index >= 15 is 0 Å². The van der Waals surface area contributed by atoms with Gasteiger partial charge in [0.25, 0.3) is 0 Å². The predicted molar refractivity (Wildman–Crippen MR) is 86.1 cm³/mol. The average Bonchev–Trinajstić information content (AvgIpc) is 2.32. The van der Waals surface area contributed by atoms with E-state index in [4.69, 9.17) is 0 Å². The molecule has 0 aliphatic carbocycles. The number of hydrogen-bond acceptors (Lipinski definition) is 3. The lowest BCUT2D eigenvalue weighted by molar-refractivity contribution is 0.627. The lowest BCUT2D eigenvalue weighted by atomic mass is 10.3. The third-order valence-electron chi connectivity index (χ3n) is 2.41. The summed E-state index contributed by atoms with van der Waals surface area (Å²) in [5, 5.41) is 3.18. The Morgan fingerprint density at radius 2 is 2.11 bits per heavy atom. The highest BCUT2D eigenvalue weighted by atomic mass is 127. The Morgan fingerprint density at radius 1 is 1.32 bits per heavy atom. The standard InChI is InChI=1S/C13H12BrFIN3/c1-2-3-12-18-11(14)7-13(19-12)17-10-5-4-8(15)6-9(10)16/h4-7H,2-3H2,1H3,(H,17,18,19). The van der Waals surface area contributed by atoms with Crippen molar-refractivity contribution in [1.29, 1.82) is 0 Å². The van der Waals surface area contributed by atoms with E-state index in [1.54, 1.807) is 12.1 Å². The van der Waals surface area contributed by atoms with Gasteiger partial charge in [0.1, 0.15) is 22.1 Å². The molecule has 2 rings (SSSR count). The third kappa shape index (κ3) is 4.10. The van der Waals surface area contributed by atoms with Gasteiger partial charge in [0.2, 0.25) is 0 Å². The predicted octanol–water partition coefficient (Wildman–Crippen LogP) is 4.68. The van der Waals surface area contributed by atoms with E-state index in [0.29, 0.717) is 5.82 Å². The molecule has 0 saturated heterocycles. The number of benzene rings is 1. The summed E-state index contributed by atoms with van der Waals surface area (Å²) in [6.07, 6.45) is 1.82. The van der Waals surface area contributed by atoms with Crippen LogP contribution in [0.4, 0.5) is 15.9 Å². The van der Waals surface area contributed by atoms with Crippen LogP contribution in [0.5, 0.6) is 0 Å². The number of nitrogens with zero attached hydrogens (tertiary/aromatic N) is 2. The molecule has 6 heteroatoms. The molecule has 0 radical (unpaired) electrons. The summed E-state index contributed by atoms with van der Waals surface area (Å²) in [5.74, 6) is 1.25. The molecule has 100 valence electrons. The Balaban J connectivity index is 2.27. The van der Waals surface area contributed by atoms with Crippen molar-refractivity contribution in [2.75, 3.05) is 5.32 Å². The number of rotatable bonds is 4. The van der Waals surface area contributed by atoms with Crippen LogP contribution in [0.25, 0.3) is 0 Å². The summed E-state index contributed by atoms with van der Waals surface area (Å²) in [7, 11) is 0. The van der Waals surface area contributed by atoms with E-state index in [1.165, 1.54) is 12.1 Å². The first-order valence-electron chi connectivity index (χ1n) is 5.84. The fourth-order valence-electron chi connectivity index (χ4n) is 1.59. The molecule has 0 saturated carbocycles. The molecule has 0 bridgehead atoms. The fourth-order valence-corrected chi connectivity index (χ4v) is 2.63. The van der Waals surface area contributed by atoms with Crippen LogP contribution < -0.4 is 5.32 Å². The summed E-state index contributed by atoms with van der Waals surface area (Å²) < 4.78 is 14.6. The van der Waals surface area contributed by atoms with Gasteiger partial charge >= 0.3 is 0 Å². The SMILES string of the molecule is CCCc1nc(Br)cc(Nc2ccc(F)cc2I)n1. The second-order valence-corrected chi connectivity index (χ2v) is 5.97. The lowest BCUT2D eigenvalue weighted by Gasteiger charge is -2.09. The van der Waals surface area contributed by atoms with E-state index in [9.17, 15) is 4.39 Å². The lowest BCUT2D eigenvalue weighted by Crippen LogP contribution is -2.01. The van der Waals surface area contributed by atoms with E-state index in [-0.39, 0.29) is 5.82 Å². The zero-order valence-electron chi connectivity index (χ0n) is 10.3. The number of aryl methyl sites for hydroxylation is 1. The molecule has 0 fully saturated rings. The van der Waals surface area contributed by atoms with Crippen LogP contribution in [-0.2, 0) is 6.42 Å². The first kappa shape index (κ1) is 14.6. The summed E-state index contributed by atoms with van der Waals surface area (Å²) in [6.45, 7) is 2.08. The van der Waals surface area contributed by atoms with Gasteiger partial charge in [-0.25, -0.2) is 14.4 Å². The number of halogens is 3. The number of nitrogens with one attached hydrogen (secondary N) is 1. The van der Waals surface area contributed by atoms with Crippen LogP contribution in [0.2, 0.25) is 0 Å². The van der Waals surface area contributed by atoms with E-state index < -0.39 is 0 Å². The Labute approximate surface area is 133 Å². The molecule has 2 aromatic rings. The molecular weight excluding hydrogens is 424 g/mol. The molecule has 1 N–H and O–H groups in total. The van der Waals surface area contributed by atoms with Crippen LogP contribution in [0.3, 0.4) is 0 Å². The number of anilines is 2. The average molecular weight is 436 g/mol. The van der Waals surface area contributed by atoms with Crippen LogP contribution >= 0.6 is 38.5 Å². The number of aromatic nitrogens is 2. The second kappa shape index (κ2) is 6.60. The van der Waals surface area contributed by atoms with Crippen molar-refractivity contribution in [3.05, 3.63) is 44.1 Å². The summed E-state index contributed by atoms with van der Waals surface area (Å²) in [6, 6.07) is 6.41. The topological polar surface area (TPSA) is 37.8 Å². The van der Waals surface area contributed by atoms with Crippen molar-refractivity contribution in [2.45, 2.75) is 19.8 Å². The third-order valence-corrected chi connectivity index (χ3v) is 3.71. The summed E-state index contributed by atoms with van der Waals surface area (Å²) >= 11 is 5.46. The van der Waals surface area contributed by atoms with Gasteiger partial charge in [0, 0.05) is 16.1 Å². The molecule has 3 nitrogen and oxygen atoms in total. The minimum Gasteiger partial charge on any atom is -0.339 e. The molecule has 0 atom stereocenters. The van der Waals surface area contributed by atoms with Crippen LogP contribution in [0, 0.1) is 9.39 Å². The van der Waals surface area contributed by atoms with Gasteiger partial charge in [-0.2, -0.15) is 0 Å². The molecule has 0 unspecified atom stereocenters. The quantitative estimate of drug-likeness (QED) is 0.559. The maximum absolute atomic E-state index is 13.0. The fraction of sp³-hybridized carbons (Fsp3) is 0.231. The van der Waals surface area contributed by atoms with Gasteiger partial charge in [-0.3, -0.25) is 0 Å². The largest absolute Gasteiger partial charge is 0.339 e. The molecule has 1 aromatic heterocycles. The Morgan fingerprint density at radius 3 is 2.79 bits per heavy atom. The van der Waals surface area contributed by atoms with Gasteiger partial charge in [-0.1, -0.05) is 6.92 Å². The molecule has 1 heterocycles. The highest BCUT2D eigenvalue weighted by molar-refractivity contribution is 14.1. The molecule has 0 amide bonds. The first-order valence-corrected chi connectivity index (χ1v) is 7.71. The zero-order chi connectivity index (χ0) is 13.8. The zero-order valence-corrected chi connectivity index (χ0v) is 14.0. The number of hydrogen-bond donors (Lipinski definition) is 1. The minimum atomic E-state index is -0.245. The van der Waals surface area contributed by atoms with Gasteiger partial charge < -0.3 is 5.32 Å². The highest BCUT2D eigenvalue weighted by Gasteiger charge is 2.06. The smallest absolute Gasteiger partial charge is 0.135 e. The van der Waals surface area contributed by atoms with Gasteiger partial charge in [-0.15, -0.1) is 0 Å². The molecule has 0 spiro atoms. The summed E-state index contributed by atoms with van der Waals surface area (Å²) in [5.41, 5.74) is 0.829. The van der Waals surface area contributed by atoms with E-state index in [1.807, 2.05) is 0 Å². The highest BCUT2D eigenvalue weighted by Crippen LogP contribution is 2.23. The first-order chi connectivity index (χ1) is 9.08. The Bertz CT molecular complexity index is 592. The van der Waals surface area contributed by atoms with E-state index in [2.05, 4.69) is 60.7 Å². The molecular formula is C13H12BrFIN3. The van der Waals surface area contributed by atoms with Crippen molar-refractivity contribution in [1.82, 2.24) is 9.97 Å². The van der Waals surface area contributed by atoms with Crippen LogP contribution in [0.1, 0.15) is 19.2 Å². The molecule has 0 aliphatic heterocycles. The Kier molecular flexibility index (Phi) is 5.09.